The zero-order valence-electron chi connectivity index (χ0n) is 8.75. The molecule has 1 aromatic carbocycles. The Bertz CT molecular complexity index is 447. The molecule has 0 N–H and O–H groups in total. The number of benzene rings is 1. The van der Waals surface area contributed by atoms with Crippen LogP contribution < -0.4 is 0 Å². The summed E-state index contributed by atoms with van der Waals surface area (Å²) >= 11 is 0. The van der Waals surface area contributed by atoms with E-state index in [-0.39, 0.29) is 17.6 Å². The third-order valence-corrected chi connectivity index (χ3v) is 3.23. The van der Waals surface area contributed by atoms with Gasteiger partial charge in [-0.2, -0.15) is 8.42 Å². The molecule has 0 bridgehead atoms. The summed E-state index contributed by atoms with van der Waals surface area (Å²) in [5.74, 6) is 0. The number of aryl methyl sites for hydroxylation is 1. The highest BCUT2D eigenvalue weighted by Gasteiger charge is 2.25. The summed E-state index contributed by atoms with van der Waals surface area (Å²) in [6.45, 7) is 2.59. The van der Waals surface area contributed by atoms with Gasteiger partial charge in [0.2, 0.25) is 0 Å². The predicted molar refractivity (Wildman–Crippen MR) is 55.1 cm³/mol. The first-order valence-electron chi connectivity index (χ1n) is 4.82. The molecule has 0 spiro atoms. The van der Waals surface area contributed by atoms with Gasteiger partial charge in [-0.3, -0.25) is 0 Å². The first kappa shape index (κ1) is 11.5. The SMILES string of the molecule is Cc1ccc(S(=O)(=O)OOCC2CO2)cc1. The van der Waals surface area contributed by atoms with Gasteiger partial charge in [0.05, 0.1) is 11.5 Å². The molecule has 6 heteroatoms. The highest BCUT2D eigenvalue weighted by molar-refractivity contribution is 7.86. The maximum atomic E-state index is 11.6. The van der Waals surface area contributed by atoms with Crippen LogP contribution in [0.5, 0.6) is 0 Å². The lowest BCUT2D eigenvalue weighted by Crippen LogP contribution is -2.10. The molecular formula is C10H12O5S. The molecule has 0 aromatic heterocycles. The van der Waals surface area contributed by atoms with Crippen LogP contribution in [0.15, 0.2) is 29.2 Å². The van der Waals surface area contributed by atoms with Crippen LogP contribution in [0.3, 0.4) is 0 Å². The first-order chi connectivity index (χ1) is 7.58. The van der Waals surface area contributed by atoms with Gasteiger partial charge in [0.1, 0.15) is 12.7 Å². The lowest BCUT2D eigenvalue weighted by Gasteiger charge is -2.03. The summed E-state index contributed by atoms with van der Waals surface area (Å²) in [7, 11) is -3.82. The van der Waals surface area contributed by atoms with Gasteiger partial charge in [-0.05, 0) is 19.1 Å². The molecule has 5 nitrogen and oxygen atoms in total. The molecule has 0 amide bonds. The Balaban J connectivity index is 1.97. The average Bonchev–Trinajstić information content (AvgIpc) is 3.02. The van der Waals surface area contributed by atoms with Gasteiger partial charge in [-0.15, -0.1) is 4.33 Å². The van der Waals surface area contributed by atoms with Gasteiger partial charge < -0.3 is 4.74 Å². The van der Waals surface area contributed by atoms with Crippen molar-refractivity contribution in [3.05, 3.63) is 29.8 Å². The van der Waals surface area contributed by atoms with E-state index >= 15 is 0 Å². The Kier molecular flexibility index (Phi) is 3.25. The van der Waals surface area contributed by atoms with Crippen molar-refractivity contribution in [3.63, 3.8) is 0 Å². The first-order valence-corrected chi connectivity index (χ1v) is 6.23. The molecule has 1 aromatic rings. The van der Waals surface area contributed by atoms with E-state index in [0.29, 0.717) is 6.61 Å². The molecule has 2 rings (SSSR count). The summed E-state index contributed by atoms with van der Waals surface area (Å²) < 4.78 is 32.4. The van der Waals surface area contributed by atoms with E-state index < -0.39 is 10.1 Å². The van der Waals surface area contributed by atoms with E-state index in [4.69, 9.17) is 4.74 Å². The van der Waals surface area contributed by atoms with Crippen molar-refractivity contribution in [3.8, 4) is 0 Å². The van der Waals surface area contributed by atoms with E-state index in [1.807, 2.05) is 6.92 Å². The van der Waals surface area contributed by atoms with Gasteiger partial charge in [-0.1, -0.05) is 17.7 Å². The van der Waals surface area contributed by atoms with E-state index in [9.17, 15) is 8.42 Å². The standard InChI is InChI=1S/C10H12O5S/c1-8-2-4-10(5-3-8)16(11,12)15-14-7-9-6-13-9/h2-5,9H,6-7H2,1H3. The fraction of sp³-hybridized carbons (Fsp3) is 0.400. The molecule has 1 aliphatic heterocycles. The second-order valence-corrected chi connectivity index (χ2v) is 5.09. The zero-order valence-corrected chi connectivity index (χ0v) is 9.57. The fourth-order valence-corrected chi connectivity index (χ4v) is 1.81. The van der Waals surface area contributed by atoms with Crippen molar-refractivity contribution in [1.29, 1.82) is 0 Å². The maximum Gasteiger partial charge on any atom is 0.323 e. The summed E-state index contributed by atoms with van der Waals surface area (Å²) in [4.78, 5) is 4.67. The Morgan fingerprint density at radius 1 is 1.38 bits per heavy atom. The lowest BCUT2D eigenvalue weighted by atomic mass is 10.2. The minimum Gasteiger partial charge on any atom is -0.370 e. The molecule has 1 heterocycles. The normalized spacial score (nSPS) is 19.7. The highest BCUT2D eigenvalue weighted by Crippen LogP contribution is 2.15. The van der Waals surface area contributed by atoms with Crippen LogP contribution in [0, 0.1) is 6.92 Å². The number of hydrogen-bond acceptors (Lipinski definition) is 5. The van der Waals surface area contributed by atoms with Crippen molar-refractivity contribution in [1.82, 2.24) is 0 Å². The van der Waals surface area contributed by atoms with Crippen molar-refractivity contribution in [2.45, 2.75) is 17.9 Å². The third kappa shape index (κ3) is 3.02. The number of epoxide rings is 1. The average molecular weight is 244 g/mol. The third-order valence-electron chi connectivity index (χ3n) is 2.10. The molecule has 0 aliphatic carbocycles. The molecule has 1 saturated heterocycles. The Hall–Kier alpha value is -0.950. The van der Waals surface area contributed by atoms with E-state index in [1.54, 1.807) is 12.1 Å². The number of rotatable bonds is 5. The van der Waals surface area contributed by atoms with Crippen molar-refractivity contribution in [2.24, 2.45) is 0 Å². The van der Waals surface area contributed by atoms with Crippen LogP contribution in [-0.2, 0) is 24.1 Å². The van der Waals surface area contributed by atoms with Gasteiger partial charge >= 0.3 is 10.1 Å². The number of hydrogen-bond donors (Lipinski definition) is 0. The molecule has 0 saturated carbocycles. The van der Waals surface area contributed by atoms with E-state index in [0.717, 1.165) is 5.56 Å². The van der Waals surface area contributed by atoms with Gasteiger partial charge in [0.25, 0.3) is 0 Å². The molecule has 0 radical (unpaired) electrons. The zero-order chi connectivity index (χ0) is 11.6. The quantitative estimate of drug-likeness (QED) is 0.439. The largest absolute Gasteiger partial charge is 0.370 e. The van der Waals surface area contributed by atoms with Crippen molar-refractivity contribution < 1.29 is 22.4 Å². The molecule has 1 unspecified atom stereocenters. The molecule has 88 valence electrons. The van der Waals surface area contributed by atoms with Crippen LogP contribution in [0.4, 0.5) is 0 Å². The number of ether oxygens (including phenoxy) is 1. The maximum absolute atomic E-state index is 11.6. The van der Waals surface area contributed by atoms with Crippen molar-refractivity contribution in [2.75, 3.05) is 13.2 Å². The van der Waals surface area contributed by atoms with Crippen LogP contribution >= 0.6 is 0 Å². The van der Waals surface area contributed by atoms with Crippen LogP contribution in [0.1, 0.15) is 5.56 Å². The van der Waals surface area contributed by atoms with Crippen LogP contribution in [-0.4, -0.2) is 27.7 Å². The highest BCUT2D eigenvalue weighted by atomic mass is 32.2. The minimum atomic E-state index is -3.82. The van der Waals surface area contributed by atoms with Crippen LogP contribution in [0.25, 0.3) is 0 Å². The summed E-state index contributed by atoms with van der Waals surface area (Å²) in [6, 6.07) is 6.34. The molecule has 16 heavy (non-hydrogen) atoms. The monoisotopic (exact) mass is 244 g/mol. The summed E-state index contributed by atoms with van der Waals surface area (Å²) in [5, 5.41) is 0. The molecule has 1 atom stereocenters. The van der Waals surface area contributed by atoms with E-state index in [2.05, 4.69) is 9.22 Å². The van der Waals surface area contributed by atoms with E-state index in [1.165, 1.54) is 12.1 Å². The van der Waals surface area contributed by atoms with Gasteiger partial charge in [-0.25, -0.2) is 4.89 Å². The van der Waals surface area contributed by atoms with Gasteiger partial charge in [0, 0.05) is 0 Å². The second-order valence-electron chi connectivity index (χ2n) is 3.58. The van der Waals surface area contributed by atoms with Gasteiger partial charge in [0.15, 0.2) is 0 Å². The summed E-state index contributed by atoms with van der Waals surface area (Å²) in [5.41, 5.74) is 0.978. The topological polar surface area (TPSA) is 65.1 Å². The van der Waals surface area contributed by atoms with Crippen molar-refractivity contribution >= 4 is 10.1 Å². The predicted octanol–water partition coefficient (Wildman–Crippen LogP) is 1.03. The molecule has 1 fully saturated rings. The van der Waals surface area contributed by atoms with Crippen LogP contribution in [0.2, 0.25) is 0 Å². The molecule has 1 aliphatic rings. The summed E-state index contributed by atoms with van der Waals surface area (Å²) in [6.07, 6.45) is -0.0341. The smallest absolute Gasteiger partial charge is 0.323 e. The molecular weight excluding hydrogens is 232 g/mol. The lowest BCUT2D eigenvalue weighted by molar-refractivity contribution is -0.204. The Morgan fingerprint density at radius 2 is 2.00 bits per heavy atom. The minimum absolute atomic E-state index is 0.0341. The fourth-order valence-electron chi connectivity index (χ4n) is 1.08. The second kappa shape index (κ2) is 4.50. The Labute approximate surface area is 94.0 Å². The Morgan fingerprint density at radius 3 is 2.56 bits per heavy atom.